The second-order valence-corrected chi connectivity index (χ2v) is 11.2. The van der Waals surface area contributed by atoms with Gasteiger partial charge in [-0.05, 0) is 69.1 Å². The third-order valence-corrected chi connectivity index (χ3v) is 8.93. The Bertz CT molecular complexity index is 635. The van der Waals surface area contributed by atoms with Crippen LogP contribution in [0.15, 0.2) is 4.99 Å². The molecule has 0 saturated heterocycles. The maximum absolute atomic E-state index is 13.4. The van der Waals surface area contributed by atoms with Crippen LogP contribution < -0.4 is 10.6 Å². The van der Waals surface area contributed by atoms with Crippen molar-refractivity contribution in [2.24, 2.45) is 34.1 Å². The van der Waals surface area contributed by atoms with Crippen LogP contribution >= 0.6 is 11.8 Å². The van der Waals surface area contributed by atoms with Gasteiger partial charge >= 0.3 is 0 Å². The first kappa shape index (κ1) is 19.0. The average Bonchev–Trinajstić information content (AvgIpc) is 3.18. The highest BCUT2D eigenvalue weighted by molar-refractivity contribution is 8.14. The zero-order chi connectivity index (χ0) is 19.1. The number of hydrogen-bond acceptors (Lipinski definition) is 4. The standard InChI is InChI=1S/C22H33N3O2S/c26-19(17-4-2-1-3-5-17)24-18(20(27)25-21-23-6-7-28-21)22-11-14-8-15(12-22)10-16(9-14)13-22/h14-18H,1-13H2,(H,24,26)(H,23,25,27)/t14?,15?,16?,18-,22?/m1/s1. The summed E-state index contributed by atoms with van der Waals surface area (Å²) in [6.07, 6.45) is 12.8. The molecule has 154 valence electrons. The highest BCUT2D eigenvalue weighted by Gasteiger charge is 2.56. The molecule has 5 saturated carbocycles. The second kappa shape index (κ2) is 7.66. The molecule has 5 fully saturated rings. The number of hydrogen-bond donors (Lipinski definition) is 2. The summed E-state index contributed by atoms with van der Waals surface area (Å²) in [5, 5.41) is 7.12. The van der Waals surface area contributed by atoms with E-state index in [-0.39, 0.29) is 29.2 Å². The van der Waals surface area contributed by atoms with Gasteiger partial charge < -0.3 is 10.6 Å². The van der Waals surface area contributed by atoms with Crippen molar-refractivity contribution in [3.8, 4) is 0 Å². The first-order chi connectivity index (χ1) is 13.6. The smallest absolute Gasteiger partial charge is 0.249 e. The van der Waals surface area contributed by atoms with Gasteiger partial charge in [0.1, 0.15) is 6.04 Å². The van der Waals surface area contributed by atoms with Crippen LogP contribution in [0.5, 0.6) is 0 Å². The summed E-state index contributed by atoms with van der Waals surface area (Å²) in [6.45, 7) is 0.775. The van der Waals surface area contributed by atoms with E-state index >= 15 is 0 Å². The van der Waals surface area contributed by atoms with Crippen LogP contribution in [0.1, 0.15) is 70.6 Å². The van der Waals surface area contributed by atoms with E-state index in [1.165, 1.54) is 25.7 Å². The van der Waals surface area contributed by atoms with Gasteiger partial charge in [0.05, 0.1) is 6.54 Å². The average molecular weight is 404 g/mol. The minimum Gasteiger partial charge on any atom is -0.344 e. The van der Waals surface area contributed by atoms with Gasteiger partial charge in [0.25, 0.3) is 0 Å². The van der Waals surface area contributed by atoms with Gasteiger partial charge in [0, 0.05) is 17.1 Å². The Labute approximate surface area is 172 Å². The van der Waals surface area contributed by atoms with E-state index in [1.54, 1.807) is 11.8 Å². The fourth-order valence-electron chi connectivity index (χ4n) is 7.24. The van der Waals surface area contributed by atoms with E-state index in [2.05, 4.69) is 15.6 Å². The molecule has 0 radical (unpaired) electrons. The van der Waals surface area contributed by atoms with Gasteiger partial charge in [0.2, 0.25) is 11.8 Å². The first-order valence-electron chi connectivity index (χ1n) is 11.4. The Morgan fingerprint density at radius 1 is 1.00 bits per heavy atom. The van der Waals surface area contributed by atoms with Gasteiger partial charge in [-0.15, -0.1) is 0 Å². The Kier molecular flexibility index (Phi) is 5.18. The monoisotopic (exact) mass is 403 g/mol. The maximum Gasteiger partial charge on any atom is 0.249 e. The predicted molar refractivity (Wildman–Crippen MR) is 112 cm³/mol. The van der Waals surface area contributed by atoms with Crippen LogP contribution in [0.2, 0.25) is 0 Å². The fraction of sp³-hybridized carbons (Fsp3) is 0.864. The topological polar surface area (TPSA) is 70.6 Å². The molecule has 1 aliphatic heterocycles. The Hall–Kier alpha value is -1.04. The number of nitrogens with one attached hydrogen (secondary N) is 2. The van der Waals surface area contributed by atoms with E-state index in [4.69, 9.17) is 0 Å². The van der Waals surface area contributed by atoms with E-state index in [0.717, 1.165) is 80.2 Å². The summed E-state index contributed by atoms with van der Waals surface area (Å²) in [5.74, 6) is 3.41. The van der Waals surface area contributed by atoms with Gasteiger partial charge in [-0.25, -0.2) is 0 Å². The Morgan fingerprint density at radius 3 is 2.21 bits per heavy atom. The van der Waals surface area contributed by atoms with Crippen LogP contribution in [0.4, 0.5) is 0 Å². The number of aliphatic imine (C=N–C) groups is 1. The van der Waals surface area contributed by atoms with Crippen molar-refractivity contribution in [1.29, 1.82) is 0 Å². The molecule has 2 N–H and O–H groups in total. The minimum atomic E-state index is -0.390. The van der Waals surface area contributed by atoms with Gasteiger partial charge in [-0.3, -0.25) is 14.6 Å². The maximum atomic E-state index is 13.4. The number of carbonyl (C=O) groups excluding carboxylic acids is 2. The summed E-state index contributed by atoms with van der Waals surface area (Å²) in [6, 6.07) is -0.390. The van der Waals surface area contributed by atoms with E-state index in [1.807, 2.05) is 0 Å². The third kappa shape index (κ3) is 3.61. The number of carbonyl (C=O) groups is 2. The Balaban J connectivity index is 1.37. The highest BCUT2D eigenvalue weighted by atomic mass is 32.2. The lowest BCUT2D eigenvalue weighted by Crippen LogP contribution is -2.63. The summed E-state index contributed by atoms with van der Waals surface area (Å²) in [4.78, 5) is 30.9. The van der Waals surface area contributed by atoms with Gasteiger partial charge in [-0.2, -0.15) is 0 Å². The molecule has 0 aromatic rings. The molecule has 5 aliphatic carbocycles. The zero-order valence-electron chi connectivity index (χ0n) is 16.8. The molecule has 6 aliphatic rings. The summed E-state index contributed by atoms with van der Waals surface area (Å²) < 4.78 is 0. The van der Waals surface area contributed by atoms with Crippen molar-refractivity contribution in [3.05, 3.63) is 0 Å². The largest absolute Gasteiger partial charge is 0.344 e. The quantitative estimate of drug-likeness (QED) is 0.755. The van der Waals surface area contributed by atoms with E-state index < -0.39 is 0 Å². The number of amidine groups is 1. The molecule has 0 spiro atoms. The number of thioether (sulfide) groups is 1. The van der Waals surface area contributed by atoms with Crippen molar-refractivity contribution >= 4 is 28.7 Å². The molecular formula is C22H33N3O2S. The molecule has 0 unspecified atom stereocenters. The molecular weight excluding hydrogens is 370 g/mol. The molecule has 1 atom stereocenters. The fourth-order valence-corrected chi connectivity index (χ4v) is 7.97. The molecule has 0 aromatic carbocycles. The summed E-state index contributed by atoms with van der Waals surface area (Å²) >= 11 is 1.62. The lowest BCUT2D eigenvalue weighted by atomic mass is 9.47. The van der Waals surface area contributed by atoms with Gasteiger partial charge in [0.15, 0.2) is 5.17 Å². The van der Waals surface area contributed by atoms with E-state index in [0.29, 0.717) is 0 Å². The van der Waals surface area contributed by atoms with Crippen LogP contribution in [-0.4, -0.2) is 35.3 Å². The predicted octanol–water partition coefficient (Wildman–Crippen LogP) is 3.49. The van der Waals surface area contributed by atoms with Crippen molar-refractivity contribution in [1.82, 2.24) is 10.6 Å². The van der Waals surface area contributed by atoms with Crippen LogP contribution in [0.25, 0.3) is 0 Å². The van der Waals surface area contributed by atoms with E-state index in [9.17, 15) is 9.59 Å². The van der Waals surface area contributed by atoms with Crippen LogP contribution in [0, 0.1) is 29.1 Å². The first-order valence-corrected chi connectivity index (χ1v) is 12.4. The van der Waals surface area contributed by atoms with Crippen LogP contribution in [-0.2, 0) is 9.59 Å². The van der Waals surface area contributed by atoms with Crippen LogP contribution in [0.3, 0.4) is 0 Å². The minimum absolute atomic E-state index is 0.0146. The molecule has 5 nitrogen and oxygen atoms in total. The summed E-state index contributed by atoms with van der Waals surface area (Å²) in [5.41, 5.74) is -0.0347. The highest BCUT2D eigenvalue weighted by Crippen LogP contribution is 2.61. The molecule has 2 amide bonds. The molecule has 1 heterocycles. The molecule has 6 heteroatoms. The lowest BCUT2D eigenvalue weighted by Gasteiger charge is -2.59. The molecule has 28 heavy (non-hydrogen) atoms. The molecule has 0 aromatic heterocycles. The lowest BCUT2D eigenvalue weighted by molar-refractivity contribution is -0.142. The second-order valence-electron chi connectivity index (χ2n) is 10.1. The molecule has 4 bridgehead atoms. The molecule has 6 rings (SSSR count). The van der Waals surface area contributed by atoms with Gasteiger partial charge in [-0.1, -0.05) is 31.0 Å². The Morgan fingerprint density at radius 2 is 1.64 bits per heavy atom. The van der Waals surface area contributed by atoms with Crippen molar-refractivity contribution in [3.63, 3.8) is 0 Å². The van der Waals surface area contributed by atoms with Crippen molar-refractivity contribution in [2.75, 3.05) is 12.3 Å². The normalized spacial score (nSPS) is 38.1. The zero-order valence-corrected chi connectivity index (χ0v) is 17.6. The number of amides is 2. The SMILES string of the molecule is O=C(N[C@H](C(=O)NC1=NCCS1)C12CC3CC(CC(C3)C1)C2)C1CCCCC1. The summed E-state index contributed by atoms with van der Waals surface area (Å²) in [7, 11) is 0. The number of nitrogens with zero attached hydrogens (tertiary/aromatic N) is 1. The number of rotatable bonds is 4. The third-order valence-electron chi connectivity index (χ3n) is 8.04. The van der Waals surface area contributed by atoms with Crippen molar-refractivity contribution in [2.45, 2.75) is 76.7 Å². The van der Waals surface area contributed by atoms with Crippen molar-refractivity contribution < 1.29 is 9.59 Å².